The zero-order valence-corrected chi connectivity index (χ0v) is 12.4. The highest BCUT2D eigenvalue weighted by atomic mass is 32.2. The normalized spacial score (nSPS) is 11.1. The molecule has 0 unspecified atom stereocenters. The van der Waals surface area contributed by atoms with E-state index in [9.17, 15) is 0 Å². The number of benzene rings is 1. The fraction of sp³-hybridized carbons (Fsp3) is 0.600. The SMILES string of the molecule is Cc1cc(C)cc(CSCCNCC(C)C)c1. The predicted molar refractivity (Wildman–Crippen MR) is 79.8 cm³/mol. The molecule has 0 aliphatic rings. The molecule has 0 radical (unpaired) electrons. The van der Waals surface area contributed by atoms with Crippen molar-refractivity contribution in [1.29, 1.82) is 0 Å². The Morgan fingerprint density at radius 2 is 1.76 bits per heavy atom. The van der Waals surface area contributed by atoms with Crippen LogP contribution in [0.1, 0.15) is 30.5 Å². The molecule has 96 valence electrons. The monoisotopic (exact) mass is 251 g/mol. The summed E-state index contributed by atoms with van der Waals surface area (Å²) >= 11 is 2.01. The van der Waals surface area contributed by atoms with Crippen molar-refractivity contribution >= 4 is 11.8 Å². The Morgan fingerprint density at radius 3 is 2.35 bits per heavy atom. The third kappa shape index (κ3) is 6.75. The van der Waals surface area contributed by atoms with Gasteiger partial charge >= 0.3 is 0 Å². The fourth-order valence-electron chi connectivity index (χ4n) is 1.88. The molecule has 0 heterocycles. The highest BCUT2D eigenvalue weighted by Crippen LogP contribution is 2.15. The first-order chi connectivity index (χ1) is 8.08. The average Bonchev–Trinajstić information content (AvgIpc) is 2.21. The molecule has 0 aliphatic heterocycles. The lowest BCUT2D eigenvalue weighted by atomic mass is 10.1. The molecule has 1 aromatic rings. The highest BCUT2D eigenvalue weighted by Gasteiger charge is 1.97. The largest absolute Gasteiger partial charge is 0.316 e. The molecule has 0 spiro atoms. The van der Waals surface area contributed by atoms with Gasteiger partial charge in [0, 0.05) is 18.1 Å². The van der Waals surface area contributed by atoms with E-state index >= 15 is 0 Å². The van der Waals surface area contributed by atoms with Crippen molar-refractivity contribution in [3.8, 4) is 0 Å². The van der Waals surface area contributed by atoms with Crippen LogP contribution in [0.15, 0.2) is 18.2 Å². The molecular formula is C15H25NS. The molecule has 0 atom stereocenters. The number of nitrogens with one attached hydrogen (secondary N) is 1. The van der Waals surface area contributed by atoms with Crippen molar-refractivity contribution < 1.29 is 0 Å². The minimum absolute atomic E-state index is 0.749. The molecule has 1 rings (SSSR count). The summed E-state index contributed by atoms with van der Waals surface area (Å²) in [5.41, 5.74) is 4.20. The van der Waals surface area contributed by atoms with Crippen LogP contribution in [0, 0.1) is 19.8 Å². The van der Waals surface area contributed by atoms with E-state index in [1.165, 1.54) is 22.4 Å². The summed E-state index contributed by atoms with van der Waals surface area (Å²) in [7, 11) is 0. The second-order valence-corrected chi connectivity index (χ2v) is 6.25. The third-order valence-electron chi connectivity index (χ3n) is 2.53. The van der Waals surface area contributed by atoms with Crippen molar-refractivity contribution in [3.05, 3.63) is 34.9 Å². The zero-order valence-electron chi connectivity index (χ0n) is 11.5. The van der Waals surface area contributed by atoms with Gasteiger partial charge in [-0.2, -0.15) is 11.8 Å². The number of thioether (sulfide) groups is 1. The van der Waals surface area contributed by atoms with E-state index in [-0.39, 0.29) is 0 Å². The van der Waals surface area contributed by atoms with Gasteiger partial charge in [0.05, 0.1) is 0 Å². The van der Waals surface area contributed by atoms with Crippen LogP contribution in [0.5, 0.6) is 0 Å². The van der Waals surface area contributed by atoms with E-state index < -0.39 is 0 Å². The first kappa shape index (κ1) is 14.6. The van der Waals surface area contributed by atoms with E-state index in [4.69, 9.17) is 0 Å². The van der Waals surface area contributed by atoms with Crippen LogP contribution in [0.2, 0.25) is 0 Å². The van der Waals surface area contributed by atoms with Crippen LogP contribution in [0.3, 0.4) is 0 Å². The molecule has 0 fully saturated rings. The van der Waals surface area contributed by atoms with Crippen molar-refractivity contribution in [3.63, 3.8) is 0 Å². The van der Waals surface area contributed by atoms with Gasteiger partial charge in [-0.1, -0.05) is 43.2 Å². The van der Waals surface area contributed by atoms with Crippen molar-refractivity contribution in [2.45, 2.75) is 33.4 Å². The van der Waals surface area contributed by atoms with Crippen LogP contribution >= 0.6 is 11.8 Å². The Balaban J connectivity index is 2.18. The lowest BCUT2D eigenvalue weighted by Crippen LogP contribution is -2.22. The van der Waals surface area contributed by atoms with E-state index in [2.05, 4.69) is 51.2 Å². The molecule has 0 amide bonds. The van der Waals surface area contributed by atoms with Gasteiger partial charge in [-0.25, -0.2) is 0 Å². The van der Waals surface area contributed by atoms with E-state index in [1.54, 1.807) is 0 Å². The third-order valence-corrected chi connectivity index (χ3v) is 3.56. The molecule has 2 heteroatoms. The Bertz CT molecular complexity index is 313. The second kappa shape index (κ2) is 7.78. The van der Waals surface area contributed by atoms with Gasteiger partial charge in [-0.15, -0.1) is 0 Å². The van der Waals surface area contributed by atoms with Gasteiger partial charge in [-0.3, -0.25) is 0 Å². The smallest absolute Gasteiger partial charge is 0.0185 e. The maximum Gasteiger partial charge on any atom is 0.0185 e. The van der Waals surface area contributed by atoms with E-state index in [0.717, 1.165) is 24.8 Å². The summed E-state index contributed by atoms with van der Waals surface area (Å²) in [5.74, 6) is 3.07. The summed E-state index contributed by atoms with van der Waals surface area (Å²) in [6.07, 6.45) is 0. The summed E-state index contributed by atoms with van der Waals surface area (Å²) in [6, 6.07) is 6.82. The van der Waals surface area contributed by atoms with Gasteiger partial charge < -0.3 is 5.32 Å². The first-order valence-electron chi connectivity index (χ1n) is 6.43. The molecular weight excluding hydrogens is 226 g/mol. The first-order valence-corrected chi connectivity index (χ1v) is 7.59. The van der Waals surface area contributed by atoms with Crippen LogP contribution in [-0.4, -0.2) is 18.8 Å². The lowest BCUT2D eigenvalue weighted by Gasteiger charge is -2.08. The highest BCUT2D eigenvalue weighted by molar-refractivity contribution is 7.98. The Morgan fingerprint density at radius 1 is 1.12 bits per heavy atom. The van der Waals surface area contributed by atoms with Crippen LogP contribution in [0.25, 0.3) is 0 Å². The maximum absolute atomic E-state index is 3.47. The molecule has 0 bridgehead atoms. The van der Waals surface area contributed by atoms with E-state index in [0.29, 0.717) is 0 Å². The molecule has 0 saturated carbocycles. The molecule has 17 heavy (non-hydrogen) atoms. The molecule has 1 aromatic carbocycles. The summed E-state index contributed by atoms with van der Waals surface area (Å²) in [5, 5.41) is 3.47. The van der Waals surface area contributed by atoms with Crippen LogP contribution < -0.4 is 5.32 Å². The molecule has 0 aromatic heterocycles. The predicted octanol–water partition coefficient (Wildman–Crippen LogP) is 3.78. The number of hydrogen-bond donors (Lipinski definition) is 1. The summed E-state index contributed by atoms with van der Waals surface area (Å²) in [6.45, 7) is 11.1. The van der Waals surface area contributed by atoms with Crippen LogP contribution in [-0.2, 0) is 5.75 Å². The zero-order chi connectivity index (χ0) is 12.7. The van der Waals surface area contributed by atoms with Gasteiger partial charge in [-0.05, 0) is 31.9 Å². The minimum Gasteiger partial charge on any atom is -0.316 e. The molecule has 0 saturated heterocycles. The minimum atomic E-state index is 0.749. The molecule has 1 nitrogen and oxygen atoms in total. The van der Waals surface area contributed by atoms with Crippen molar-refractivity contribution in [2.24, 2.45) is 5.92 Å². The maximum atomic E-state index is 3.47. The van der Waals surface area contributed by atoms with Crippen molar-refractivity contribution in [2.75, 3.05) is 18.8 Å². The van der Waals surface area contributed by atoms with Crippen molar-refractivity contribution in [1.82, 2.24) is 5.32 Å². The summed E-state index contributed by atoms with van der Waals surface area (Å²) < 4.78 is 0. The molecule has 1 N–H and O–H groups in total. The average molecular weight is 251 g/mol. The number of rotatable bonds is 7. The van der Waals surface area contributed by atoms with Gasteiger partial charge in [0.15, 0.2) is 0 Å². The number of aryl methyl sites for hydroxylation is 2. The number of hydrogen-bond acceptors (Lipinski definition) is 2. The van der Waals surface area contributed by atoms with Gasteiger partial charge in [0.2, 0.25) is 0 Å². The Hall–Kier alpha value is -0.470. The summed E-state index contributed by atoms with van der Waals surface area (Å²) in [4.78, 5) is 0. The fourth-order valence-corrected chi connectivity index (χ4v) is 2.71. The quantitative estimate of drug-likeness (QED) is 0.740. The lowest BCUT2D eigenvalue weighted by molar-refractivity contribution is 0.568. The topological polar surface area (TPSA) is 12.0 Å². The van der Waals surface area contributed by atoms with E-state index in [1.807, 2.05) is 11.8 Å². The van der Waals surface area contributed by atoms with Gasteiger partial charge in [0.25, 0.3) is 0 Å². The second-order valence-electron chi connectivity index (χ2n) is 5.15. The Kier molecular flexibility index (Phi) is 6.68. The Labute approximate surface area is 110 Å². The standard InChI is InChI=1S/C15H25NS/c1-12(2)10-16-5-6-17-11-15-8-13(3)7-14(4)9-15/h7-9,12,16H,5-6,10-11H2,1-4H3. The van der Waals surface area contributed by atoms with Crippen LogP contribution in [0.4, 0.5) is 0 Å². The van der Waals surface area contributed by atoms with Gasteiger partial charge in [0.1, 0.15) is 0 Å². The molecule has 0 aliphatic carbocycles.